The molecule has 1 fully saturated rings. The van der Waals surface area contributed by atoms with Crippen LogP contribution in [0.3, 0.4) is 0 Å². The molecule has 1 aromatic rings. The lowest BCUT2D eigenvalue weighted by atomic mass is 9.91. The summed E-state index contributed by atoms with van der Waals surface area (Å²) in [5.41, 5.74) is 4.89. The Morgan fingerprint density at radius 1 is 1.35 bits per heavy atom. The summed E-state index contributed by atoms with van der Waals surface area (Å²) < 4.78 is 59.3. The molecule has 0 unspecified atom stereocenters. The second-order valence-corrected chi connectivity index (χ2v) is 11.9. The minimum absolute atomic E-state index is 0.0113. The highest BCUT2D eigenvalue weighted by atomic mass is 32.2. The van der Waals surface area contributed by atoms with Gasteiger partial charge in [-0.15, -0.1) is 0 Å². The molecule has 34 heavy (non-hydrogen) atoms. The minimum atomic E-state index is -3.72. The molecule has 1 heterocycles. The Hall–Kier alpha value is -2.88. The lowest BCUT2D eigenvalue weighted by Gasteiger charge is -2.38. The van der Waals surface area contributed by atoms with Gasteiger partial charge in [-0.05, 0) is 76.9 Å². The van der Waals surface area contributed by atoms with Crippen molar-refractivity contribution >= 4 is 34.2 Å². The average molecular weight is 493 g/mol. The van der Waals surface area contributed by atoms with Gasteiger partial charge in [-0.25, -0.2) is 22.2 Å². The molecule has 1 aliphatic heterocycles. The number of rotatable bonds is 8. The van der Waals surface area contributed by atoms with Crippen LogP contribution < -0.4 is 5.73 Å². The van der Waals surface area contributed by atoms with E-state index in [1.54, 1.807) is 0 Å². The number of allylic oxidation sites excluding steroid dienone is 1. The number of benzene rings is 1. The first kappa shape index (κ1) is 25.7. The van der Waals surface area contributed by atoms with E-state index in [0.717, 1.165) is 18.9 Å². The smallest absolute Gasteiger partial charge is 0.231 e. The number of halogens is 2. The standard InChI is InChI=1S/C24H30F2N4O3S/c1-15(29-12-21(28-5)33-13-16-6-7-16)20(26)11-17-8-9-19(25)18(10-17)24(4)14-34(31,32)23(2,3)22(27)30-24/h8-12,16H,5-7,13-14H2,1-4H3,(H2,27,30)/b20-11-,21-12+,29-15-/t24-/m0/s1. The highest BCUT2D eigenvalue weighted by Gasteiger charge is 2.49. The molecule has 2 N–H and O–H groups in total. The molecule has 0 amide bonds. The van der Waals surface area contributed by atoms with Crippen LogP contribution in [0.25, 0.3) is 6.08 Å². The molecule has 7 nitrogen and oxygen atoms in total. The molecule has 184 valence electrons. The summed E-state index contributed by atoms with van der Waals surface area (Å²) in [6, 6.07) is 3.91. The Bertz CT molecular complexity index is 1210. The summed E-state index contributed by atoms with van der Waals surface area (Å²) in [6.07, 6.45) is 4.70. The number of hydrogen-bond donors (Lipinski definition) is 1. The molecule has 1 aliphatic carbocycles. The number of nitrogens with zero attached hydrogens (tertiary/aromatic N) is 3. The molecule has 10 heteroatoms. The van der Waals surface area contributed by atoms with Crippen LogP contribution in [0.2, 0.25) is 0 Å². The first-order chi connectivity index (χ1) is 15.8. The van der Waals surface area contributed by atoms with Crippen molar-refractivity contribution in [3.8, 4) is 0 Å². The fourth-order valence-corrected chi connectivity index (χ4v) is 5.09. The van der Waals surface area contributed by atoms with Crippen molar-refractivity contribution in [2.75, 3.05) is 12.4 Å². The van der Waals surface area contributed by atoms with Gasteiger partial charge in [0.2, 0.25) is 5.88 Å². The fraction of sp³-hybridized carbons (Fsp3) is 0.458. The van der Waals surface area contributed by atoms with Gasteiger partial charge in [0, 0.05) is 5.56 Å². The molecule has 0 saturated heterocycles. The normalized spacial score (nSPS) is 25.0. The van der Waals surface area contributed by atoms with Crippen LogP contribution in [0.4, 0.5) is 8.78 Å². The Kier molecular flexibility index (Phi) is 7.12. The van der Waals surface area contributed by atoms with Crippen LogP contribution in [0, 0.1) is 11.7 Å². The van der Waals surface area contributed by atoms with Crippen LogP contribution in [-0.2, 0) is 20.1 Å². The van der Waals surface area contributed by atoms with E-state index < -0.39 is 37.5 Å². The predicted octanol–water partition coefficient (Wildman–Crippen LogP) is 4.30. The van der Waals surface area contributed by atoms with Gasteiger partial charge < -0.3 is 10.5 Å². The molecule has 1 aromatic carbocycles. The summed E-state index contributed by atoms with van der Waals surface area (Å²) in [5, 5.41) is 0. The SMILES string of the molecule is C=N\C(=C/N=C(C)\C(F)=C\c1ccc(F)c([C@]2(C)CS(=O)(=O)C(C)(C)C(N)=N2)c1)OCC1CC1. The maximum atomic E-state index is 14.8. The molecular formula is C24H30F2N4O3S. The zero-order valence-electron chi connectivity index (χ0n) is 19.8. The number of ether oxygens (including phenoxy) is 1. The number of sulfone groups is 1. The zero-order valence-corrected chi connectivity index (χ0v) is 20.6. The summed E-state index contributed by atoms with van der Waals surface area (Å²) in [4.78, 5) is 12.1. The van der Waals surface area contributed by atoms with E-state index in [-0.39, 0.29) is 23.0 Å². The van der Waals surface area contributed by atoms with Crippen LogP contribution in [0.15, 0.2) is 51.1 Å². The van der Waals surface area contributed by atoms with Gasteiger partial charge in [-0.3, -0.25) is 9.98 Å². The molecule has 0 spiro atoms. The quantitative estimate of drug-likeness (QED) is 0.431. The summed E-state index contributed by atoms with van der Waals surface area (Å²) in [6.45, 7) is 9.84. The van der Waals surface area contributed by atoms with Crippen molar-refractivity contribution in [2.45, 2.75) is 50.8 Å². The number of aliphatic imine (C=N–C) groups is 3. The van der Waals surface area contributed by atoms with E-state index in [4.69, 9.17) is 10.5 Å². The summed E-state index contributed by atoms with van der Waals surface area (Å²) >= 11 is 0. The van der Waals surface area contributed by atoms with E-state index >= 15 is 0 Å². The highest BCUT2D eigenvalue weighted by Crippen LogP contribution is 2.38. The lowest BCUT2D eigenvalue weighted by Crippen LogP contribution is -2.55. The van der Waals surface area contributed by atoms with Crippen LogP contribution in [0.5, 0.6) is 0 Å². The molecule has 3 rings (SSSR count). The molecule has 0 radical (unpaired) electrons. The van der Waals surface area contributed by atoms with Gasteiger partial charge in [-0.2, -0.15) is 0 Å². The van der Waals surface area contributed by atoms with Crippen LogP contribution >= 0.6 is 0 Å². The third-order valence-corrected chi connectivity index (χ3v) is 8.84. The van der Waals surface area contributed by atoms with Gasteiger partial charge in [0.15, 0.2) is 9.84 Å². The topological polar surface area (TPSA) is 106 Å². The Morgan fingerprint density at radius 3 is 2.62 bits per heavy atom. The van der Waals surface area contributed by atoms with Crippen molar-refractivity contribution in [1.29, 1.82) is 0 Å². The van der Waals surface area contributed by atoms with E-state index in [2.05, 4.69) is 21.7 Å². The molecule has 1 saturated carbocycles. The van der Waals surface area contributed by atoms with Crippen molar-refractivity contribution in [1.82, 2.24) is 0 Å². The average Bonchev–Trinajstić information content (AvgIpc) is 3.57. The third-order valence-electron chi connectivity index (χ3n) is 6.13. The maximum absolute atomic E-state index is 14.8. The first-order valence-corrected chi connectivity index (χ1v) is 12.5. The fourth-order valence-electron chi connectivity index (χ4n) is 3.40. The predicted molar refractivity (Wildman–Crippen MR) is 132 cm³/mol. The molecule has 1 atom stereocenters. The van der Waals surface area contributed by atoms with E-state index in [1.807, 2.05) is 0 Å². The minimum Gasteiger partial charge on any atom is -0.476 e. The maximum Gasteiger partial charge on any atom is 0.231 e. The highest BCUT2D eigenvalue weighted by molar-refractivity contribution is 7.93. The monoisotopic (exact) mass is 492 g/mol. The van der Waals surface area contributed by atoms with Crippen molar-refractivity contribution in [3.63, 3.8) is 0 Å². The van der Waals surface area contributed by atoms with Crippen molar-refractivity contribution in [2.24, 2.45) is 26.6 Å². The Balaban J connectivity index is 1.89. The van der Waals surface area contributed by atoms with Gasteiger partial charge in [0.25, 0.3) is 0 Å². The lowest BCUT2D eigenvalue weighted by molar-refractivity contribution is 0.197. The number of amidine groups is 1. The second-order valence-electron chi connectivity index (χ2n) is 9.37. The van der Waals surface area contributed by atoms with Crippen LogP contribution in [-0.4, -0.2) is 43.8 Å². The van der Waals surface area contributed by atoms with Gasteiger partial charge in [0.1, 0.15) is 27.8 Å². The number of nitrogens with two attached hydrogens (primary N) is 1. The van der Waals surface area contributed by atoms with E-state index in [1.165, 1.54) is 52.1 Å². The van der Waals surface area contributed by atoms with E-state index in [9.17, 15) is 17.2 Å². The summed E-state index contributed by atoms with van der Waals surface area (Å²) in [5.74, 6) is -1.12. The van der Waals surface area contributed by atoms with Gasteiger partial charge >= 0.3 is 0 Å². The summed E-state index contributed by atoms with van der Waals surface area (Å²) in [7, 11) is -3.72. The van der Waals surface area contributed by atoms with Gasteiger partial charge in [0.05, 0.1) is 24.3 Å². The second kappa shape index (κ2) is 9.40. The zero-order chi connectivity index (χ0) is 25.3. The van der Waals surface area contributed by atoms with Crippen molar-refractivity contribution in [3.05, 3.63) is 53.1 Å². The van der Waals surface area contributed by atoms with Gasteiger partial charge in [-0.1, -0.05) is 6.07 Å². The van der Waals surface area contributed by atoms with E-state index in [0.29, 0.717) is 18.1 Å². The Morgan fingerprint density at radius 2 is 2.03 bits per heavy atom. The number of hydrogen-bond acceptors (Lipinski definition) is 7. The van der Waals surface area contributed by atoms with Crippen LogP contribution in [0.1, 0.15) is 51.7 Å². The molecule has 2 aliphatic rings. The molecular weight excluding hydrogens is 462 g/mol. The molecule has 0 aromatic heterocycles. The first-order valence-electron chi connectivity index (χ1n) is 10.9. The molecule has 0 bridgehead atoms. The Labute approximate surface area is 199 Å². The third kappa shape index (κ3) is 5.43. The largest absolute Gasteiger partial charge is 0.476 e. The van der Waals surface area contributed by atoms with Crippen molar-refractivity contribution < 1.29 is 21.9 Å².